The minimum atomic E-state index is -3.48. The molecule has 0 atom stereocenters. The summed E-state index contributed by atoms with van der Waals surface area (Å²) in [6, 6.07) is 0. The molecule has 0 radical (unpaired) electrons. The van der Waals surface area contributed by atoms with Crippen LogP contribution in [0.2, 0.25) is 0 Å². The average Bonchev–Trinajstić information content (AvgIpc) is 2.37. The molecule has 0 spiro atoms. The first-order valence-electron chi connectivity index (χ1n) is 7.08. The number of amides is 2. The van der Waals surface area contributed by atoms with E-state index in [1.54, 1.807) is 20.8 Å². The zero-order valence-electron chi connectivity index (χ0n) is 13.2. The molecule has 1 aliphatic heterocycles. The van der Waals surface area contributed by atoms with E-state index in [2.05, 4.69) is 12.0 Å². The Kier molecular flexibility index (Phi) is 5.87. The van der Waals surface area contributed by atoms with Gasteiger partial charge in [-0.1, -0.05) is 6.08 Å². The third-order valence-electron chi connectivity index (χ3n) is 2.92. The van der Waals surface area contributed by atoms with Crippen molar-refractivity contribution in [1.29, 1.82) is 0 Å². The Bertz CT molecular complexity index is 428. The van der Waals surface area contributed by atoms with Crippen LogP contribution in [0.3, 0.4) is 0 Å². The maximum atomic E-state index is 13.4. The molecule has 126 valence electrons. The summed E-state index contributed by atoms with van der Waals surface area (Å²) >= 11 is 0. The molecular formula is C14H23F2N3O3. The number of halogens is 2. The minimum absolute atomic E-state index is 0.259. The predicted octanol–water partition coefficient (Wildman–Crippen LogP) is 1.78. The van der Waals surface area contributed by atoms with Crippen LogP contribution in [0, 0.1) is 0 Å². The fourth-order valence-electron chi connectivity index (χ4n) is 1.83. The largest absolute Gasteiger partial charge is 0.444 e. The van der Waals surface area contributed by atoms with E-state index >= 15 is 0 Å². The average molecular weight is 319 g/mol. The highest BCUT2D eigenvalue weighted by Crippen LogP contribution is 2.19. The zero-order valence-corrected chi connectivity index (χ0v) is 13.2. The van der Waals surface area contributed by atoms with Gasteiger partial charge >= 0.3 is 17.9 Å². The number of hydrazine groups is 1. The lowest BCUT2D eigenvalue weighted by Gasteiger charge is -2.35. The van der Waals surface area contributed by atoms with Gasteiger partial charge in [-0.25, -0.2) is 9.80 Å². The molecule has 0 aromatic carbocycles. The summed E-state index contributed by atoms with van der Waals surface area (Å²) in [5.41, 5.74) is 1.58. The highest BCUT2D eigenvalue weighted by Gasteiger charge is 2.38. The smallest absolute Gasteiger partial charge is 0.410 e. The molecule has 1 fully saturated rings. The van der Waals surface area contributed by atoms with Crippen LogP contribution in [0.15, 0.2) is 12.7 Å². The predicted molar refractivity (Wildman–Crippen MR) is 77.3 cm³/mol. The van der Waals surface area contributed by atoms with Crippen molar-refractivity contribution >= 4 is 12.0 Å². The second-order valence-corrected chi connectivity index (χ2v) is 6.09. The van der Waals surface area contributed by atoms with Gasteiger partial charge < -0.3 is 9.64 Å². The minimum Gasteiger partial charge on any atom is -0.444 e. The first-order chi connectivity index (χ1) is 10.0. The van der Waals surface area contributed by atoms with Crippen molar-refractivity contribution in [3.63, 3.8) is 0 Å². The van der Waals surface area contributed by atoms with E-state index in [0.717, 1.165) is 6.08 Å². The quantitative estimate of drug-likeness (QED) is 0.803. The summed E-state index contributed by atoms with van der Waals surface area (Å²) in [4.78, 5) is 24.8. The molecule has 6 nitrogen and oxygen atoms in total. The second-order valence-electron chi connectivity index (χ2n) is 6.09. The number of nitrogens with zero attached hydrogens (tertiary/aromatic N) is 2. The summed E-state index contributed by atoms with van der Waals surface area (Å²) < 4.78 is 32.0. The van der Waals surface area contributed by atoms with Crippen molar-refractivity contribution in [2.24, 2.45) is 0 Å². The summed E-state index contributed by atoms with van der Waals surface area (Å²) in [5.74, 6) is -4.84. The van der Waals surface area contributed by atoms with Gasteiger partial charge in [-0.3, -0.25) is 10.2 Å². The van der Waals surface area contributed by atoms with Crippen LogP contribution in [0.5, 0.6) is 0 Å². The molecule has 8 heteroatoms. The first-order valence-corrected chi connectivity index (χ1v) is 7.08. The van der Waals surface area contributed by atoms with E-state index in [-0.39, 0.29) is 13.1 Å². The Labute approximate surface area is 129 Å². The molecule has 0 aromatic heterocycles. The number of hydrogen-bond donors (Lipinski definition) is 1. The van der Waals surface area contributed by atoms with Crippen molar-refractivity contribution in [3.05, 3.63) is 12.7 Å². The van der Waals surface area contributed by atoms with Crippen molar-refractivity contribution in [1.82, 2.24) is 15.3 Å². The molecule has 2 amide bonds. The van der Waals surface area contributed by atoms with Crippen LogP contribution < -0.4 is 5.43 Å². The highest BCUT2D eigenvalue weighted by molar-refractivity contribution is 5.83. The number of carbonyl (C=O) groups excluding carboxylic acids is 2. The third kappa shape index (κ3) is 5.59. The summed E-state index contributed by atoms with van der Waals surface area (Å²) in [5, 5.41) is 1.38. The molecule has 0 bridgehead atoms. The number of allylic oxidation sites excluding steroid dienone is 1. The van der Waals surface area contributed by atoms with E-state index in [4.69, 9.17) is 4.74 Å². The van der Waals surface area contributed by atoms with E-state index in [9.17, 15) is 18.4 Å². The van der Waals surface area contributed by atoms with Crippen LogP contribution >= 0.6 is 0 Å². The maximum absolute atomic E-state index is 13.4. The number of alkyl halides is 2. The van der Waals surface area contributed by atoms with Crippen LogP contribution in [0.25, 0.3) is 0 Å². The van der Waals surface area contributed by atoms with E-state index in [1.807, 2.05) is 0 Å². The van der Waals surface area contributed by atoms with Crippen LogP contribution in [-0.4, -0.2) is 59.6 Å². The maximum Gasteiger partial charge on any atom is 0.410 e. The number of carbonyl (C=O) groups is 2. The molecule has 0 saturated carbocycles. The molecule has 22 heavy (non-hydrogen) atoms. The Morgan fingerprint density at radius 3 is 2.23 bits per heavy atom. The Morgan fingerprint density at radius 2 is 1.77 bits per heavy atom. The van der Waals surface area contributed by atoms with Gasteiger partial charge in [0.25, 0.3) is 0 Å². The topological polar surface area (TPSA) is 61.9 Å². The first kappa shape index (κ1) is 18.3. The van der Waals surface area contributed by atoms with Gasteiger partial charge in [0, 0.05) is 32.6 Å². The standard InChI is InChI=1S/C14H23F2N3O3/c1-5-6-14(15,16)11(20)17-19-9-7-18(8-10-19)12(21)22-13(2,3)4/h5H,1,6-10H2,2-4H3,(H,17,20). The Balaban J connectivity index is 2.44. The molecule has 1 saturated heterocycles. The molecule has 0 aliphatic carbocycles. The van der Waals surface area contributed by atoms with Gasteiger partial charge in [-0.05, 0) is 20.8 Å². The lowest BCUT2D eigenvalue weighted by molar-refractivity contribution is -0.151. The number of piperazine rings is 1. The zero-order chi connectivity index (χ0) is 17.0. The number of rotatable bonds is 4. The van der Waals surface area contributed by atoms with Crippen molar-refractivity contribution in [2.45, 2.75) is 38.7 Å². The highest BCUT2D eigenvalue weighted by atomic mass is 19.3. The normalized spacial score (nSPS) is 17.0. The van der Waals surface area contributed by atoms with E-state index < -0.39 is 29.9 Å². The molecule has 1 aliphatic rings. The Hall–Kier alpha value is -1.70. The van der Waals surface area contributed by atoms with Crippen LogP contribution in [0.1, 0.15) is 27.2 Å². The number of nitrogens with one attached hydrogen (secondary N) is 1. The lowest BCUT2D eigenvalue weighted by atomic mass is 10.2. The molecule has 1 heterocycles. The summed E-state index contributed by atoms with van der Waals surface area (Å²) in [7, 11) is 0. The fourth-order valence-corrected chi connectivity index (χ4v) is 1.83. The molecule has 0 aromatic rings. The van der Waals surface area contributed by atoms with E-state index in [0.29, 0.717) is 13.1 Å². The van der Waals surface area contributed by atoms with E-state index in [1.165, 1.54) is 9.91 Å². The van der Waals surface area contributed by atoms with Gasteiger partial charge in [0.1, 0.15) is 5.60 Å². The van der Waals surface area contributed by atoms with Gasteiger partial charge in [-0.15, -0.1) is 6.58 Å². The van der Waals surface area contributed by atoms with Gasteiger partial charge in [0.2, 0.25) is 0 Å². The molecule has 1 N–H and O–H groups in total. The lowest BCUT2D eigenvalue weighted by Crippen LogP contribution is -2.57. The van der Waals surface area contributed by atoms with Crippen molar-refractivity contribution in [2.75, 3.05) is 26.2 Å². The SMILES string of the molecule is C=CCC(F)(F)C(=O)NN1CCN(C(=O)OC(C)(C)C)CC1. The second kappa shape index (κ2) is 7.04. The fraction of sp³-hybridized carbons (Fsp3) is 0.714. The molecular weight excluding hydrogens is 296 g/mol. The number of ether oxygens (including phenoxy) is 1. The molecule has 1 rings (SSSR count). The van der Waals surface area contributed by atoms with Crippen molar-refractivity contribution < 1.29 is 23.1 Å². The summed E-state index contributed by atoms with van der Waals surface area (Å²) in [6.45, 7) is 9.61. The van der Waals surface area contributed by atoms with Crippen molar-refractivity contribution in [3.8, 4) is 0 Å². The third-order valence-corrected chi connectivity index (χ3v) is 2.92. The van der Waals surface area contributed by atoms with Crippen LogP contribution in [0.4, 0.5) is 13.6 Å². The molecule has 0 unspecified atom stereocenters. The van der Waals surface area contributed by atoms with Gasteiger partial charge in [-0.2, -0.15) is 8.78 Å². The Morgan fingerprint density at radius 1 is 1.23 bits per heavy atom. The van der Waals surface area contributed by atoms with Gasteiger partial charge in [0.05, 0.1) is 0 Å². The van der Waals surface area contributed by atoms with Gasteiger partial charge in [0.15, 0.2) is 0 Å². The summed E-state index contributed by atoms with van der Waals surface area (Å²) in [6.07, 6.45) is -0.160. The number of hydrogen-bond acceptors (Lipinski definition) is 4. The monoisotopic (exact) mass is 319 g/mol. The van der Waals surface area contributed by atoms with Crippen LogP contribution in [-0.2, 0) is 9.53 Å².